The van der Waals surface area contributed by atoms with Crippen molar-refractivity contribution in [1.29, 1.82) is 0 Å². The zero-order valence-corrected chi connectivity index (χ0v) is 11.6. The number of rotatable bonds is 4. The van der Waals surface area contributed by atoms with Gasteiger partial charge in [0.2, 0.25) is 0 Å². The zero-order valence-electron chi connectivity index (χ0n) is 11.6. The molecule has 0 aromatic heterocycles. The predicted octanol–water partition coefficient (Wildman–Crippen LogP) is 2.68. The largest absolute Gasteiger partial charge is 0.497 e. The van der Waals surface area contributed by atoms with Gasteiger partial charge in [-0.25, -0.2) is 4.39 Å². The van der Waals surface area contributed by atoms with Gasteiger partial charge in [0.25, 0.3) is 5.91 Å². The number of hydrogen-bond acceptors (Lipinski definition) is 4. The smallest absolute Gasteiger partial charge is 0.255 e. The lowest BCUT2D eigenvalue weighted by Crippen LogP contribution is -2.13. The Morgan fingerprint density at radius 2 is 1.90 bits per heavy atom. The Hall–Kier alpha value is -2.76. The molecule has 0 aliphatic carbocycles. The second kappa shape index (κ2) is 6.13. The maximum Gasteiger partial charge on any atom is 0.255 e. The van der Waals surface area contributed by atoms with E-state index in [4.69, 9.17) is 15.2 Å². The summed E-state index contributed by atoms with van der Waals surface area (Å²) in [5.74, 6) is -0.0737. The molecule has 0 saturated heterocycles. The molecule has 0 radical (unpaired) electrons. The van der Waals surface area contributed by atoms with E-state index in [1.165, 1.54) is 26.4 Å². The molecular formula is C15H15FN2O3. The number of halogens is 1. The van der Waals surface area contributed by atoms with E-state index in [-0.39, 0.29) is 11.3 Å². The number of nitrogen functional groups attached to an aromatic ring is 1. The van der Waals surface area contributed by atoms with Gasteiger partial charge in [-0.3, -0.25) is 4.79 Å². The van der Waals surface area contributed by atoms with Gasteiger partial charge >= 0.3 is 0 Å². The van der Waals surface area contributed by atoms with E-state index in [9.17, 15) is 9.18 Å². The number of hydrogen-bond donors (Lipinski definition) is 2. The van der Waals surface area contributed by atoms with Gasteiger partial charge in [-0.2, -0.15) is 0 Å². The first-order valence-electron chi connectivity index (χ1n) is 6.13. The van der Waals surface area contributed by atoms with Gasteiger partial charge in [-0.05, 0) is 30.3 Å². The summed E-state index contributed by atoms with van der Waals surface area (Å²) in [7, 11) is 3.00. The number of carbonyl (C=O) groups excluding carboxylic acids is 1. The molecule has 0 bridgehead atoms. The molecule has 1 amide bonds. The van der Waals surface area contributed by atoms with E-state index >= 15 is 0 Å². The highest BCUT2D eigenvalue weighted by Crippen LogP contribution is 2.29. The molecule has 0 heterocycles. The fourth-order valence-corrected chi connectivity index (χ4v) is 1.77. The second-order valence-corrected chi connectivity index (χ2v) is 4.26. The lowest BCUT2D eigenvalue weighted by Gasteiger charge is -2.12. The van der Waals surface area contributed by atoms with Crippen molar-refractivity contribution in [2.45, 2.75) is 0 Å². The molecule has 2 rings (SSSR count). The molecule has 0 saturated carbocycles. The van der Waals surface area contributed by atoms with Crippen molar-refractivity contribution >= 4 is 17.3 Å². The normalized spacial score (nSPS) is 10.0. The minimum absolute atomic E-state index is 0.00879. The van der Waals surface area contributed by atoms with Crippen molar-refractivity contribution in [1.82, 2.24) is 0 Å². The van der Waals surface area contributed by atoms with Crippen LogP contribution in [0.5, 0.6) is 11.5 Å². The molecule has 0 unspecified atom stereocenters. The van der Waals surface area contributed by atoms with Crippen molar-refractivity contribution in [3.8, 4) is 11.5 Å². The standard InChI is InChI=1S/C15H15FN2O3/c1-20-10-4-6-14(21-2)13(8-10)18-15(19)9-3-5-12(17)11(16)7-9/h3-8H,17H2,1-2H3,(H,18,19). The summed E-state index contributed by atoms with van der Waals surface area (Å²) in [5, 5.41) is 2.65. The van der Waals surface area contributed by atoms with Crippen LogP contribution in [0.2, 0.25) is 0 Å². The summed E-state index contributed by atoms with van der Waals surface area (Å²) < 4.78 is 23.6. The highest BCUT2D eigenvalue weighted by Gasteiger charge is 2.12. The first-order valence-corrected chi connectivity index (χ1v) is 6.13. The van der Waals surface area contributed by atoms with Crippen molar-refractivity contribution in [2.24, 2.45) is 0 Å². The number of benzene rings is 2. The van der Waals surface area contributed by atoms with Crippen molar-refractivity contribution < 1.29 is 18.7 Å². The molecule has 6 heteroatoms. The van der Waals surface area contributed by atoms with Gasteiger partial charge in [0, 0.05) is 11.6 Å². The molecule has 3 N–H and O–H groups in total. The van der Waals surface area contributed by atoms with Gasteiger partial charge in [-0.15, -0.1) is 0 Å². The minimum Gasteiger partial charge on any atom is -0.497 e. The van der Waals surface area contributed by atoms with Crippen LogP contribution < -0.4 is 20.5 Å². The average molecular weight is 290 g/mol. The van der Waals surface area contributed by atoms with Gasteiger partial charge in [0.05, 0.1) is 25.6 Å². The Labute approximate surface area is 121 Å². The summed E-state index contributed by atoms with van der Waals surface area (Å²) in [6.45, 7) is 0. The summed E-state index contributed by atoms with van der Waals surface area (Å²) >= 11 is 0. The van der Waals surface area contributed by atoms with E-state index in [2.05, 4.69) is 5.32 Å². The number of ether oxygens (including phenoxy) is 2. The molecule has 2 aromatic carbocycles. The Morgan fingerprint density at radius 3 is 2.52 bits per heavy atom. The van der Waals surface area contributed by atoms with Gasteiger partial charge in [0.15, 0.2) is 0 Å². The highest BCUT2D eigenvalue weighted by molar-refractivity contribution is 6.05. The topological polar surface area (TPSA) is 73.6 Å². The third-order valence-corrected chi connectivity index (χ3v) is 2.92. The van der Waals surface area contributed by atoms with Gasteiger partial charge in [0.1, 0.15) is 17.3 Å². The Morgan fingerprint density at radius 1 is 1.14 bits per heavy atom. The second-order valence-electron chi connectivity index (χ2n) is 4.26. The zero-order chi connectivity index (χ0) is 15.4. The SMILES string of the molecule is COc1ccc(OC)c(NC(=O)c2ccc(N)c(F)c2)c1. The number of nitrogens with one attached hydrogen (secondary N) is 1. The number of amides is 1. The molecule has 5 nitrogen and oxygen atoms in total. The maximum absolute atomic E-state index is 13.4. The average Bonchev–Trinajstić information content (AvgIpc) is 2.49. The van der Waals surface area contributed by atoms with Crippen molar-refractivity contribution in [3.63, 3.8) is 0 Å². The Kier molecular flexibility index (Phi) is 4.27. The minimum atomic E-state index is -0.639. The van der Waals surface area contributed by atoms with E-state index in [1.54, 1.807) is 18.2 Å². The van der Waals surface area contributed by atoms with Crippen LogP contribution in [0, 0.1) is 5.82 Å². The van der Waals surface area contributed by atoms with Crippen molar-refractivity contribution in [2.75, 3.05) is 25.3 Å². The first kappa shape index (κ1) is 14.6. The molecule has 0 aliphatic heterocycles. The van der Waals surface area contributed by atoms with Crippen LogP contribution in [0.3, 0.4) is 0 Å². The summed E-state index contributed by atoms with van der Waals surface area (Å²) in [6, 6.07) is 8.85. The van der Waals surface area contributed by atoms with Crippen LogP contribution in [-0.4, -0.2) is 20.1 Å². The van der Waals surface area contributed by atoms with Crippen LogP contribution in [0.15, 0.2) is 36.4 Å². The fraction of sp³-hybridized carbons (Fsp3) is 0.133. The first-order chi connectivity index (χ1) is 10.0. The number of carbonyl (C=O) groups is 1. The third kappa shape index (κ3) is 3.22. The third-order valence-electron chi connectivity index (χ3n) is 2.92. The predicted molar refractivity (Wildman–Crippen MR) is 78.3 cm³/mol. The lowest BCUT2D eigenvalue weighted by atomic mass is 10.1. The van der Waals surface area contributed by atoms with Crippen LogP contribution in [0.4, 0.5) is 15.8 Å². The van der Waals surface area contributed by atoms with Gasteiger partial charge in [-0.1, -0.05) is 0 Å². The molecule has 0 aliphatic rings. The van der Waals surface area contributed by atoms with Gasteiger partial charge < -0.3 is 20.5 Å². The molecule has 0 atom stereocenters. The fourth-order valence-electron chi connectivity index (χ4n) is 1.77. The summed E-state index contributed by atoms with van der Waals surface area (Å²) in [4.78, 5) is 12.1. The van der Waals surface area contributed by atoms with E-state index in [0.717, 1.165) is 6.07 Å². The quantitative estimate of drug-likeness (QED) is 0.849. The number of methoxy groups -OCH3 is 2. The number of anilines is 2. The van der Waals surface area contributed by atoms with E-state index in [0.29, 0.717) is 17.2 Å². The lowest BCUT2D eigenvalue weighted by molar-refractivity contribution is 0.102. The number of nitrogens with two attached hydrogens (primary N) is 1. The van der Waals surface area contributed by atoms with Crippen LogP contribution in [0.25, 0.3) is 0 Å². The Bertz CT molecular complexity index is 674. The maximum atomic E-state index is 13.4. The molecular weight excluding hydrogens is 275 g/mol. The van der Waals surface area contributed by atoms with Crippen LogP contribution in [-0.2, 0) is 0 Å². The van der Waals surface area contributed by atoms with Crippen LogP contribution in [0.1, 0.15) is 10.4 Å². The van der Waals surface area contributed by atoms with E-state index in [1.807, 2.05) is 0 Å². The van der Waals surface area contributed by atoms with E-state index < -0.39 is 11.7 Å². The van der Waals surface area contributed by atoms with Crippen LogP contribution >= 0.6 is 0 Å². The molecule has 0 fully saturated rings. The monoisotopic (exact) mass is 290 g/mol. The summed E-state index contributed by atoms with van der Waals surface area (Å²) in [6.07, 6.45) is 0. The molecule has 110 valence electrons. The molecule has 21 heavy (non-hydrogen) atoms. The summed E-state index contributed by atoms with van der Waals surface area (Å²) in [5.41, 5.74) is 5.96. The van der Waals surface area contributed by atoms with Crippen molar-refractivity contribution in [3.05, 3.63) is 47.8 Å². The highest BCUT2D eigenvalue weighted by atomic mass is 19.1. The Balaban J connectivity index is 2.28. The molecule has 0 spiro atoms. The molecule has 2 aromatic rings.